The number of amidine groups is 1. The Morgan fingerprint density at radius 3 is 2.43 bits per heavy atom. The van der Waals surface area contributed by atoms with Crippen molar-refractivity contribution in [3.63, 3.8) is 0 Å². The number of carboxylic acid groups (broad SMARTS) is 1. The van der Waals surface area contributed by atoms with Crippen molar-refractivity contribution in [1.29, 1.82) is 0 Å². The third-order valence-corrected chi connectivity index (χ3v) is 7.19. The van der Waals surface area contributed by atoms with Gasteiger partial charge in [0, 0.05) is 17.5 Å². The predicted molar refractivity (Wildman–Crippen MR) is 140 cm³/mol. The van der Waals surface area contributed by atoms with Crippen LogP contribution in [0.25, 0.3) is 0 Å². The number of fused-ring (bicyclic) bond motifs is 1. The first kappa shape index (κ1) is 24.5. The van der Waals surface area contributed by atoms with E-state index in [-0.39, 0.29) is 29.7 Å². The van der Waals surface area contributed by atoms with Crippen LogP contribution in [-0.4, -0.2) is 48.5 Å². The Labute approximate surface area is 215 Å². The molecule has 0 saturated heterocycles. The van der Waals surface area contributed by atoms with Gasteiger partial charge in [0.05, 0.1) is 24.7 Å². The second-order valence-corrected chi connectivity index (χ2v) is 9.59. The van der Waals surface area contributed by atoms with Gasteiger partial charge in [0.2, 0.25) is 5.91 Å². The number of rotatable bonds is 4. The molecule has 0 spiro atoms. The number of hydrogen-bond acceptors (Lipinski definition) is 5. The molecular weight excluding hydrogens is 472 g/mol. The molecule has 3 aliphatic rings. The summed E-state index contributed by atoms with van der Waals surface area (Å²) < 4.78 is 5.87. The lowest BCUT2D eigenvalue weighted by Gasteiger charge is -2.30. The van der Waals surface area contributed by atoms with E-state index in [0.29, 0.717) is 57.0 Å². The minimum absolute atomic E-state index is 0.0223. The van der Waals surface area contributed by atoms with Gasteiger partial charge in [0.15, 0.2) is 0 Å². The normalized spacial score (nSPS) is 22.8. The lowest BCUT2D eigenvalue weighted by molar-refractivity contribution is -0.144. The zero-order chi connectivity index (χ0) is 25.8. The van der Waals surface area contributed by atoms with E-state index in [4.69, 9.17) is 9.84 Å². The number of hydrogen-bond donors (Lipinski definition) is 3. The maximum absolute atomic E-state index is 12.9. The molecule has 2 heterocycles. The number of nitrogens with zero attached hydrogens (tertiary/aromatic N) is 2. The first-order valence-corrected chi connectivity index (χ1v) is 12.6. The highest BCUT2D eigenvalue weighted by Gasteiger charge is 2.30. The maximum Gasteiger partial charge on any atom is 0.326 e. The summed E-state index contributed by atoms with van der Waals surface area (Å²) in [5.74, 6) is -0.192. The lowest BCUT2D eigenvalue weighted by Crippen LogP contribution is -2.40. The van der Waals surface area contributed by atoms with Crippen LogP contribution in [-0.2, 0) is 9.59 Å². The second-order valence-electron chi connectivity index (χ2n) is 9.59. The Morgan fingerprint density at radius 2 is 1.73 bits per heavy atom. The minimum Gasteiger partial charge on any atom is -0.490 e. The second kappa shape index (κ2) is 10.9. The third-order valence-electron chi connectivity index (χ3n) is 7.19. The molecule has 0 aromatic heterocycles. The number of urea groups is 1. The van der Waals surface area contributed by atoms with Crippen molar-refractivity contribution < 1.29 is 24.2 Å². The Hall–Kier alpha value is -4.14. The lowest BCUT2D eigenvalue weighted by atomic mass is 9.81. The average molecular weight is 503 g/mol. The number of amides is 3. The smallest absolute Gasteiger partial charge is 0.326 e. The van der Waals surface area contributed by atoms with E-state index < -0.39 is 5.97 Å². The SMILES string of the molecule is O=C(O)C1CCC(C(=O)NC2=NCC(c3ccc4c(c3)OCCN4C(=O)Nc3ccccc3)C=C2)CC1. The summed E-state index contributed by atoms with van der Waals surface area (Å²) >= 11 is 0. The number of benzene rings is 2. The molecular formula is C28H30N4O5. The summed E-state index contributed by atoms with van der Waals surface area (Å²) in [5, 5.41) is 15.0. The van der Waals surface area contributed by atoms with Crippen LogP contribution in [0, 0.1) is 11.8 Å². The number of aliphatic imine (C=N–C) groups is 1. The zero-order valence-corrected chi connectivity index (χ0v) is 20.4. The summed E-state index contributed by atoms with van der Waals surface area (Å²) in [6, 6.07) is 15.0. The highest BCUT2D eigenvalue weighted by Crippen LogP contribution is 2.36. The molecule has 5 rings (SSSR count). The standard InChI is InChI=1S/C28H30N4O5/c33-26(18-6-8-19(9-7-18)27(34)35)31-25-13-11-21(17-29-25)20-10-12-23-24(16-20)37-15-14-32(23)28(36)30-22-4-2-1-3-5-22/h1-5,10-13,16,18-19,21H,6-9,14-15,17H2,(H,30,36)(H,34,35)(H,29,31,33). The fraction of sp³-hybridized carbons (Fsp3) is 0.357. The van der Waals surface area contributed by atoms with Crippen molar-refractivity contribution in [3.05, 3.63) is 66.2 Å². The number of carbonyl (C=O) groups is 3. The van der Waals surface area contributed by atoms with E-state index in [0.717, 1.165) is 16.9 Å². The first-order valence-electron chi connectivity index (χ1n) is 12.6. The molecule has 192 valence electrons. The Bertz CT molecular complexity index is 1230. The fourth-order valence-electron chi connectivity index (χ4n) is 5.04. The van der Waals surface area contributed by atoms with Crippen LogP contribution in [0.2, 0.25) is 0 Å². The highest BCUT2D eigenvalue weighted by molar-refractivity contribution is 6.05. The van der Waals surface area contributed by atoms with Gasteiger partial charge in [-0.15, -0.1) is 0 Å². The molecule has 0 radical (unpaired) electrons. The van der Waals surface area contributed by atoms with E-state index >= 15 is 0 Å². The molecule has 9 heteroatoms. The molecule has 0 bridgehead atoms. The number of nitrogens with one attached hydrogen (secondary N) is 2. The number of ether oxygens (including phenoxy) is 1. The molecule has 9 nitrogen and oxygen atoms in total. The predicted octanol–water partition coefficient (Wildman–Crippen LogP) is 4.18. The quantitative estimate of drug-likeness (QED) is 0.579. The topological polar surface area (TPSA) is 120 Å². The van der Waals surface area contributed by atoms with Crippen LogP contribution in [0.1, 0.15) is 37.2 Å². The monoisotopic (exact) mass is 502 g/mol. The fourth-order valence-corrected chi connectivity index (χ4v) is 5.04. The van der Waals surface area contributed by atoms with Gasteiger partial charge in [-0.25, -0.2) is 4.79 Å². The molecule has 2 aromatic carbocycles. The summed E-state index contributed by atoms with van der Waals surface area (Å²) in [6.07, 6.45) is 6.05. The molecule has 2 aromatic rings. The summed E-state index contributed by atoms with van der Waals surface area (Å²) in [5.41, 5.74) is 2.47. The van der Waals surface area contributed by atoms with E-state index in [1.165, 1.54) is 0 Å². The van der Waals surface area contributed by atoms with E-state index in [9.17, 15) is 14.4 Å². The molecule has 1 aliphatic carbocycles. The number of carboxylic acids is 1. The number of aliphatic carboxylic acids is 1. The number of anilines is 2. The molecule has 3 N–H and O–H groups in total. The van der Waals surface area contributed by atoms with Gasteiger partial charge < -0.3 is 20.5 Å². The Kier molecular flexibility index (Phi) is 7.20. The highest BCUT2D eigenvalue weighted by atomic mass is 16.5. The van der Waals surface area contributed by atoms with Gasteiger partial charge in [-0.3, -0.25) is 19.5 Å². The number of carbonyl (C=O) groups excluding carboxylic acids is 2. The van der Waals surface area contributed by atoms with E-state index in [1.54, 1.807) is 4.90 Å². The Balaban J connectivity index is 1.18. The van der Waals surface area contributed by atoms with Crippen molar-refractivity contribution in [1.82, 2.24) is 5.32 Å². The van der Waals surface area contributed by atoms with Gasteiger partial charge in [-0.2, -0.15) is 0 Å². The number of dihydropyridines is 1. The van der Waals surface area contributed by atoms with Crippen molar-refractivity contribution in [3.8, 4) is 5.75 Å². The van der Waals surface area contributed by atoms with Gasteiger partial charge in [-0.1, -0.05) is 30.3 Å². The third kappa shape index (κ3) is 5.66. The van der Waals surface area contributed by atoms with Crippen LogP contribution in [0.15, 0.2) is 65.7 Å². The molecule has 1 saturated carbocycles. The molecule has 37 heavy (non-hydrogen) atoms. The van der Waals surface area contributed by atoms with Gasteiger partial charge in [0.1, 0.15) is 18.2 Å². The van der Waals surface area contributed by atoms with Gasteiger partial charge in [0.25, 0.3) is 0 Å². The Morgan fingerprint density at radius 1 is 0.973 bits per heavy atom. The van der Waals surface area contributed by atoms with Crippen molar-refractivity contribution in [2.45, 2.75) is 31.6 Å². The van der Waals surface area contributed by atoms with Crippen molar-refractivity contribution in [2.24, 2.45) is 16.8 Å². The average Bonchev–Trinajstić information content (AvgIpc) is 2.93. The van der Waals surface area contributed by atoms with Crippen LogP contribution in [0.5, 0.6) is 5.75 Å². The summed E-state index contributed by atoms with van der Waals surface area (Å²) in [4.78, 5) is 42.9. The molecule has 2 aliphatic heterocycles. The van der Waals surface area contributed by atoms with Crippen LogP contribution >= 0.6 is 0 Å². The first-order chi connectivity index (χ1) is 18.0. The van der Waals surface area contributed by atoms with Crippen molar-refractivity contribution >= 4 is 35.1 Å². The minimum atomic E-state index is -0.778. The van der Waals surface area contributed by atoms with Gasteiger partial charge >= 0.3 is 12.0 Å². The van der Waals surface area contributed by atoms with E-state index in [1.807, 2.05) is 60.7 Å². The van der Waals surface area contributed by atoms with Crippen LogP contribution < -0.4 is 20.3 Å². The van der Waals surface area contributed by atoms with Crippen molar-refractivity contribution in [2.75, 3.05) is 29.9 Å². The molecule has 1 unspecified atom stereocenters. The van der Waals surface area contributed by atoms with Crippen LogP contribution in [0.4, 0.5) is 16.2 Å². The van der Waals surface area contributed by atoms with Gasteiger partial charge in [-0.05, 0) is 61.6 Å². The molecule has 1 fully saturated rings. The molecule has 1 atom stereocenters. The van der Waals surface area contributed by atoms with E-state index in [2.05, 4.69) is 15.6 Å². The zero-order valence-electron chi connectivity index (χ0n) is 20.4. The largest absolute Gasteiger partial charge is 0.490 e. The number of para-hydroxylation sites is 1. The maximum atomic E-state index is 12.9. The summed E-state index contributed by atoms with van der Waals surface area (Å²) in [7, 11) is 0. The molecule has 3 amide bonds. The van der Waals surface area contributed by atoms with Crippen LogP contribution in [0.3, 0.4) is 0 Å². The summed E-state index contributed by atoms with van der Waals surface area (Å²) in [6.45, 7) is 1.34.